The lowest BCUT2D eigenvalue weighted by atomic mass is 9.95. The maximum absolute atomic E-state index is 14.1. The minimum absolute atomic E-state index is 0.373. The molecule has 0 amide bonds. The fourth-order valence-corrected chi connectivity index (χ4v) is 3.07. The molecule has 26 heavy (non-hydrogen) atoms. The number of hydrogen-bond donors (Lipinski definition) is 0. The Hall–Kier alpha value is -2.38. The molecular formula is C18H12F7N. The van der Waals surface area contributed by atoms with Crippen LogP contribution in [0, 0.1) is 0 Å². The highest BCUT2D eigenvalue weighted by Crippen LogP contribution is 2.48. The van der Waals surface area contributed by atoms with Gasteiger partial charge in [-0.05, 0) is 34.7 Å². The van der Waals surface area contributed by atoms with E-state index in [0.717, 1.165) is 29.8 Å². The number of nitrogens with zero attached hydrogens (tertiary/aromatic N) is 1. The summed E-state index contributed by atoms with van der Waals surface area (Å²) in [6.07, 6.45) is -6.03. The van der Waals surface area contributed by atoms with Crippen molar-refractivity contribution in [3.05, 3.63) is 59.2 Å². The van der Waals surface area contributed by atoms with E-state index in [9.17, 15) is 30.7 Å². The second-order valence-electron chi connectivity index (χ2n) is 5.92. The second-order valence-corrected chi connectivity index (χ2v) is 5.92. The van der Waals surface area contributed by atoms with Crippen LogP contribution in [0.15, 0.2) is 47.5 Å². The second kappa shape index (κ2) is 5.82. The Morgan fingerprint density at radius 1 is 0.846 bits per heavy atom. The molecule has 0 bridgehead atoms. The number of benzene rings is 2. The quantitative estimate of drug-likeness (QED) is 0.423. The monoisotopic (exact) mass is 375 g/mol. The van der Waals surface area contributed by atoms with Gasteiger partial charge in [0.15, 0.2) is 0 Å². The number of alkyl halides is 7. The SMILES string of the molecule is CN=C(c1ccc2c(c1)Cc1ccccc1-2)C(F)(F)C(F)(F)C(F)(F)F. The molecule has 0 fully saturated rings. The molecule has 3 rings (SSSR count). The summed E-state index contributed by atoms with van der Waals surface area (Å²) in [5.74, 6) is -11.7. The van der Waals surface area contributed by atoms with Crippen molar-refractivity contribution in [2.24, 2.45) is 4.99 Å². The van der Waals surface area contributed by atoms with Crippen molar-refractivity contribution in [3.8, 4) is 11.1 Å². The molecule has 0 unspecified atom stereocenters. The third kappa shape index (κ3) is 2.59. The molecule has 0 N–H and O–H groups in total. The molecule has 1 aliphatic carbocycles. The van der Waals surface area contributed by atoms with E-state index < -0.39 is 29.3 Å². The Morgan fingerprint density at radius 2 is 1.46 bits per heavy atom. The first-order valence-corrected chi connectivity index (χ1v) is 7.52. The van der Waals surface area contributed by atoms with Crippen LogP contribution < -0.4 is 0 Å². The minimum atomic E-state index is -6.40. The summed E-state index contributed by atoms with van der Waals surface area (Å²) >= 11 is 0. The van der Waals surface area contributed by atoms with Gasteiger partial charge in [0, 0.05) is 12.6 Å². The predicted octanol–water partition coefficient (Wildman–Crippen LogP) is 5.51. The molecule has 138 valence electrons. The van der Waals surface area contributed by atoms with Crippen molar-refractivity contribution in [2.75, 3.05) is 7.05 Å². The first-order valence-electron chi connectivity index (χ1n) is 7.52. The highest BCUT2D eigenvalue weighted by atomic mass is 19.4. The topological polar surface area (TPSA) is 12.4 Å². The normalized spacial score (nSPS) is 15.0. The molecule has 0 saturated heterocycles. The highest BCUT2D eigenvalue weighted by Gasteiger charge is 2.74. The van der Waals surface area contributed by atoms with Crippen LogP contribution in [0.2, 0.25) is 0 Å². The number of fused-ring (bicyclic) bond motifs is 3. The average Bonchev–Trinajstić information content (AvgIpc) is 2.91. The van der Waals surface area contributed by atoms with Crippen molar-refractivity contribution in [1.29, 1.82) is 0 Å². The van der Waals surface area contributed by atoms with Gasteiger partial charge in [0.2, 0.25) is 0 Å². The zero-order valence-electron chi connectivity index (χ0n) is 13.3. The zero-order valence-corrected chi connectivity index (χ0v) is 13.3. The molecule has 2 aromatic carbocycles. The van der Waals surface area contributed by atoms with Gasteiger partial charge >= 0.3 is 18.0 Å². The van der Waals surface area contributed by atoms with Gasteiger partial charge in [0.25, 0.3) is 0 Å². The Morgan fingerprint density at radius 3 is 2.08 bits per heavy atom. The van der Waals surface area contributed by atoms with E-state index in [2.05, 4.69) is 4.99 Å². The summed E-state index contributed by atoms with van der Waals surface area (Å²) in [4.78, 5) is 3.07. The molecular weight excluding hydrogens is 363 g/mol. The molecule has 1 aliphatic rings. The summed E-state index contributed by atoms with van der Waals surface area (Å²) in [5.41, 5.74) is 1.02. The van der Waals surface area contributed by atoms with Crippen molar-refractivity contribution in [3.63, 3.8) is 0 Å². The third-order valence-electron chi connectivity index (χ3n) is 4.34. The Balaban J connectivity index is 2.05. The lowest BCUT2D eigenvalue weighted by Crippen LogP contribution is -2.56. The van der Waals surface area contributed by atoms with Crippen molar-refractivity contribution < 1.29 is 30.7 Å². The molecule has 0 saturated carbocycles. The van der Waals surface area contributed by atoms with Gasteiger partial charge in [-0.2, -0.15) is 30.7 Å². The smallest absolute Gasteiger partial charge is 0.286 e. The van der Waals surface area contributed by atoms with E-state index >= 15 is 0 Å². The van der Waals surface area contributed by atoms with Gasteiger partial charge in [0.05, 0.1) is 0 Å². The van der Waals surface area contributed by atoms with Gasteiger partial charge in [-0.15, -0.1) is 0 Å². The summed E-state index contributed by atoms with van der Waals surface area (Å²) in [6.45, 7) is 0. The number of aliphatic imine (C=N–C) groups is 1. The molecule has 0 heterocycles. The molecule has 8 heteroatoms. The fraction of sp³-hybridized carbons (Fsp3) is 0.278. The van der Waals surface area contributed by atoms with E-state index in [1.807, 2.05) is 12.1 Å². The van der Waals surface area contributed by atoms with E-state index in [1.54, 1.807) is 12.1 Å². The fourth-order valence-electron chi connectivity index (χ4n) is 3.07. The van der Waals surface area contributed by atoms with Gasteiger partial charge in [-0.25, -0.2) is 0 Å². The summed E-state index contributed by atoms with van der Waals surface area (Å²) in [5, 5.41) is 0. The number of hydrogen-bond acceptors (Lipinski definition) is 1. The van der Waals surface area contributed by atoms with Crippen molar-refractivity contribution >= 4 is 5.71 Å². The summed E-state index contributed by atoms with van der Waals surface area (Å²) in [6, 6.07) is 10.9. The van der Waals surface area contributed by atoms with Gasteiger partial charge < -0.3 is 0 Å². The Bertz CT molecular complexity index is 881. The Labute approximate surface area is 144 Å². The summed E-state index contributed by atoms with van der Waals surface area (Å²) < 4.78 is 92.2. The molecule has 2 aromatic rings. The standard InChI is InChI=1S/C18H12F7N/c1-26-15(16(19,20)17(21,22)18(23,24)25)11-6-7-14-12(9-11)8-10-4-2-3-5-13(10)14/h2-7,9H,8H2,1H3. The highest BCUT2D eigenvalue weighted by molar-refractivity contribution is 6.07. The molecule has 0 atom stereocenters. The van der Waals surface area contributed by atoms with Crippen LogP contribution in [0.25, 0.3) is 11.1 Å². The largest absolute Gasteiger partial charge is 0.460 e. The molecule has 0 aromatic heterocycles. The molecule has 0 spiro atoms. The predicted molar refractivity (Wildman–Crippen MR) is 83.1 cm³/mol. The minimum Gasteiger partial charge on any atom is -0.286 e. The van der Waals surface area contributed by atoms with Crippen molar-refractivity contribution in [2.45, 2.75) is 24.4 Å². The van der Waals surface area contributed by atoms with Crippen LogP contribution in [0.5, 0.6) is 0 Å². The average molecular weight is 375 g/mol. The molecule has 0 radical (unpaired) electrons. The van der Waals surface area contributed by atoms with Crippen LogP contribution >= 0.6 is 0 Å². The van der Waals surface area contributed by atoms with Crippen LogP contribution in [-0.4, -0.2) is 30.8 Å². The third-order valence-corrected chi connectivity index (χ3v) is 4.34. The number of rotatable bonds is 3. The van der Waals surface area contributed by atoms with E-state index in [-0.39, 0.29) is 0 Å². The van der Waals surface area contributed by atoms with Crippen LogP contribution in [-0.2, 0) is 6.42 Å². The number of halogens is 7. The van der Waals surface area contributed by atoms with Gasteiger partial charge in [0.1, 0.15) is 5.71 Å². The van der Waals surface area contributed by atoms with Gasteiger partial charge in [-0.3, -0.25) is 4.99 Å². The van der Waals surface area contributed by atoms with Crippen LogP contribution in [0.4, 0.5) is 30.7 Å². The molecule has 0 aliphatic heterocycles. The maximum Gasteiger partial charge on any atom is 0.460 e. The van der Waals surface area contributed by atoms with Crippen LogP contribution in [0.1, 0.15) is 16.7 Å². The van der Waals surface area contributed by atoms with Crippen LogP contribution in [0.3, 0.4) is 0 Å². The van der Waals surface area contributed by atoms with E-state index in [0.29, 0.717) is 12.0 Å². The van der Waals surface area contributed by atoms with Gasteiger partial charge in [-0.1, -0.05) is 36.4 Å². The Kier molecular flexibility index (Phi) is 4.12. The first-order chi connectivity index (χ1) is 12.0. The summed E-state index contributed by atoms with van der Waals surface area (Å²) in [7, 11) is 0.762. The zero-order chi connectivity index (χ0) is 19.3. The lowest BCUT2D eigenvalue weighted by molar-refractivity contribution is -0.336. The van der Waals surface area contributed by atoms with E-state index in [4.69, 9.17) is 0 Å². The first kappa shape index (κ1) is 18.4. The lowest BCUT2D eigenvalue weighted by Gasteiger charge is -2.29. The van der Waals surface area contributed by atoms with Crippen molar-refractivity contribution in [1.82, 2.24) is 0 Å². The maximum atomic E-state index is 14.1. The van der Waals surface area contributed by atoms with E-state index in [1.165, 1.54) is 12.1 Å². The molecule has 1 nitrogen and oxygen atoms in total.